The van der Waals surface area contributed by atoms with Gasteiger partial charge >= 0.3 is 0 Å². The lowest BCUT2D eigenvalue weighted by Crippen LogP contribution is -2.38. The van der Waals surface area contributed by atoms with Crippen LogP contribution in [-0.2, 0) is 0 Å². The van der Waals surface area contributed by atoms with E-state index >= 15 is 0 Å². The highest BCUT2D eigenvalue weighted by atomic mass is 15.2. The lowest BCUT2D eigenvalue weighted by Gasteiger charge is -2.33. The smallest absolute Gasteiger partial charge is 0.130 e. The molecule has 0 amide bonds. The van der Waals surface area contributed by atoms with Crippen LogP contribution in [0.4, 0.5) is 5.82 Å². The molecule has 1 aromatic rings. The second-order valence-corrected chi connectivity index (χ2v) is 4.66. The summed E-state index contributed by atoms with van der Waals surface area (Å²) in [6.07, 6.45) is 2.35. The Balaban J connectivity index is 2.21. The Morgan fingerprint density at radius 1 is 1.59 bits per heavy atom. The second-order valence-electron chi connectivity index (χ2n) is 4.66. The molecule has 4 nitrogen and oxygen atoms in total. The van der Waals surface area contributed by atoms with Crippen molar-refractivity contribution < 1.29 is 0 Å². The van der Waals surface area contributed by atoms with Crippen LogP contribution in [-0.4, -0.2) is 24.6 Å². The van der Waals surface area contributed by atoms with E-state index in [1.807, 2.05) is 19.1 Å². The van der Waals surface area contributed by atoms with Crippen molar-refractivity contribution in [2.24, 2.45) is 11.7 Å². The van der Waals surface area contributed by atoms with Crippen molar-refractivity contribution in [1.29, 1.82) is 5.26 Å². The van der Waals surface area contributed by atoms with Crippen LogP contribution in [0, 0.1) is 24.2 Å². The molecule has 1 aromatic heterocycles. The standard InChI is InChI=1S/C13H18N4/c1-10-5-12(8-15)6-13(16-10)17-4-2-3-11(7-14)9-17/h5-6,11H,2-4,7,9,14H2,1H3. The number of nitrogens with two attached hydrogens (primary N) is 1. The number of nitrogens with zero attached hydrogens (tertiary/aromatic N) is 3. The first-order chi connectivity index (χ1) is 8.22. The average molecular weight is 230 g/mol. The fraction of sp³-hybridized carbons (Fsp3) is 0.538. The molecule has 1 aliphatic heterocycles. The van der Waals surface area contributed by atoms with E-state index in [-0.39, 0.29) is 0 Å². The van der Waals surface area contributed by atoms with E-state index in [1.54, 1.807) is 0 Å². The third kappa shape index (κ3) is 2.75. The lowest BCUT2D eigenvalue weighted by molar-refractivity contribution is 0.421. The monoisotopic (exact) mass is 230 g/mol. The zero-order valence-corrected chi connectivity index (χ0v) is 10.2. The van der Waals surface area contributed by atoms with E-state index in [0.717, 1.165) is 37.6 Å². The predicted octanol–water partition coefficient (Wildman–Crippen LogP) is 1.44. The van der Waals surface area contributed by atoms with Gasteiger partial charge in [0.1, 0.15) is 5.82 Å². The van der Waals surface area contributed by atoms with Crippen LogP contribution in [0.15, 0.2) is 12.1 Å². The Kier molecular flexibility index (Phi) is 3.60. The molecule has 0 aliphatic carbocycles. The van der Waals surface area contributed by atoms with Crippen molar-refractivity contribution in [2.45, 2.75) is 19.8 Å². The maximum absolute atomic E-state index is 8.97. The van der Waals surface area contributed by atoms with Crippen LogP contribution < -0.4 is 10.6 Å². The summed E-state index contributed by atoms with van der Waals surface area (Å²) in [5, 5.41) is 8.97. The molecule has 1 saturated heterocycles. The number of anilines is 1. The third-order valence-corrected chi connectivity index (χ3v) is 3.25. The number of piperidine rings is 1. The van der Waals surface area contributed by atoms with Crippen LogP contribution >= 0.6 is 0 Å². The first-order valence-corrected chi connectivity index (χ1v) is 6.06. The highest BCUT2D eigenvalue weighted by Gasteiger charge is 2.20. The molecule has 17 heavy (non-hydrogen) atoms. The fourth-order valence-electron chi connectivity index (χ4n) is 2.34. The van der Waals surface area contributed by atoms with Crippen molar-refractivity contribution in [1.82, 2.24) is 4.98 Å². The molecular formula is C13H18N4. The summed E-state index contributed by atoms with van der Waals surface area (Å²) in [6, 6.07) is 5.86. The van der Waals surface area contributed by atoms with Gasteiger partial charge in [-0.1, -0.05) is 0 Å². The average Bonchev–Trinajstić information content (AvgIpc) is 2.38. The molecule has 1 unspecified atom stereocenters. The molecular weight excluding hydrogens is 212 g/mol. The van der Waals surface area contributed by atoms with Crippen molar-refractivity contribution in [2.75, 3.05) is 24.5 Å². The topological polar surface area (TPSA) is 65.9 Å². The summed E-state index contributed by atoms with van der Waals surface area (Å²) in [6.45, 7) is 4.62. The highest BCUT2D eigenvalue weighted by molar-refractivity contribution is 5.46. The largest absolute Gasteiger partial charge is 0.356 e. The van der Waals surface area contributed by atoms with E-state index in [4.69, 9.17) is 11.0 Å². The minimum Gasteiger partial charge on any atom is -0.356 e. The first kappa shape index (κ1) is 11.9. The molecule has 4 heteroatoms. The van der Waals surface area contributed by atoms with E-state index in [9.17, 15) is 0 Å². The number of hydrogen-bond acceptors (Lipinski definition) is 4. The summed E-state index contributed by atoms with van der Waals surface area (Å²) in [7, 11) is 0. The van der Waals surface area contributed by atoms with Gasteiger partial charge in [0.15, 0.2) is 0 Å². The molecule has 0 radical (unpaired) electrons. The first-order valence-electron chi connectivity index (χ1n) is 6.06. The Labute approximate surface area is 102 Å². The molecule has 1 fully saturated rings. The van der Waals surface area contributed by atoms with Crippen LogP contribution in [0.1, 0.15) is 24.1 Å². The van der Waals surface area contributed by atoms with Crippen molar-refractivity contribution in [3.05, 3.63) is 23.4 Å². The van der Waals surface area contributed by atoms with Gasteiger partial charge in [0, 0.05) is 18.8 Å². The normalized spacial score (nSPS) is 20.1. The minimum absolute atomic E-state index is 0.552. The summed E-state index contributed by atoms with van der Waals surface area (Å²) in [5.74, 6) is 1.47. The zero-order chi connectivity index (χ0) is 12.3. The molecule has 2 heterocycles. The van der Waals surface area contributed by atoms with Crippen molar-refractivity contribution in [3.8, 4) is 6.07 Å². The van der Waals surface area contributed by atoms with E-state index in [1.165, 1.54) is 6.42 Å². The van der Waals surface area contributed by atoms with Gasteiger partial charge in [0.2, 0.25) is 0 Å². The SMILES string of the molecule is Cc1cc(C#N)cc(N2CCCC(CN)C2)n1. The lowest BCUT2D eigenvalue weighted by atomic mass is 9.98. The summed E-state index contributed by atoms with van der Waals surface area (Å²) in [5.41, 5.74) is 7.31. The maximum atomic E-state index is 8.97. The number of rotatable bonds is 2. The third-order valence-electron chi connectivity index (χ3n) is 3.25. The zero-order valence-electron chi connectivity index (χ0n) is 10.2. The molecule has 0 aromatic carbocycles. The summed E-state index contributed by atoms with van der Waals surface area (Å²) in [4.78, 5) is 6.75. The molecule has 0 bridgehead atoms. The molecule has 90 valence electrons. The van der Waals surface area contributed by atoms with Gasteiger partial charge in [-0.15, -0.1) is 0 Å². The van der Waals surface area contributed by atoms with Gasteiger partial charge in [-0.3, -0.25) is 0 Å². The van der Waals surface area contributed by atoms with Crippen molar-refractivity contribution in [3.63, 3.8) is 0 Å². The Hall–Kier alpha value is -1.60. The Bertz CT molecular complexity index is 436. The van der Waals surface area contributed by atoms with E-state index in [0.29, 0.717) is 11.5 Å². The van der Waals surface area contributed by atoms with E-state index < -0.39 is 0 Å². The predicted molar refractivity (Wildman–Crippen MR) is 67.7 cm³/mol. The van der Waals surface area contributed by atoms with Gasteiger partial charge in [0.25, 0.3) is 0 Å². The van der Waals surface area contributed by atoms with Gasteiger partial charge in [-0.05, 0) is 44.4 Å². The summed E-state index contributed by atoms with van der Waals surface area (Å²) >= 11 is 0. The van der Waals surface area contributed by atoms with Crippen LogP contribution in [0.25, 0.3) is 0 Å². The van der Waals surface area contributed by atoms with E-state index in [2.05, 4.69) is 16.0 Å². The molecule has 2 N–H and O–H groups in total. The Morgan fingerprint density at radius 2 is 2.41 bits per heavy atom. The minimum atomic E-state index is 0.552. The number of aromatic nitrogens is 1. The molecule has 2 rings (SSSR count). The highest BCUT2D eigenvalue weighted by Crippen LogP contribution is 2.22. The quantitative estimate of drug-likeness (QED) is 0.834. The van der Waals surface area contributed by atoms with Crippen LogP contribution in [0.3, 0.4) is 0 Å². The van der Waals surface area contributed by atoms with Crippen molar-refractivity contribution >= 4 is 5.82 Å². The number of pyridine rings is 1. The number of aryl methyl sites for hydroxylation is 1. The van der Waals surface area contributed by atoms with Crippen LogP contribution in [0.2, 0.25) is 0 Å². The molecule has 0 spiro atoms. The Morgan fingerprint density at radius 3 is 3.12 bits per heavy atom. The van der Waals surface area contributed by atoms with Crippen LogP contribution in [0.5, 0.6) is 0 Å². The molecule has 1 atom stereocenters. The number of hydrogen-bond donors (Lipinski definition) is 1. The van der Waals surface area contributed by atoms with Gasteiger partial charge in [-0.25, -0.2) is 4.98 Å². The summed E-state index contributed by atoms with van der Waals surface area (Å²) < 4.78 is 0. The fourth-order valence-corrected chi connectivity index (χ4v) is 2.34. The maximum Gasteiger partial charge on any atom is 0.130 e. The van der Waals surface area contributed by atoms with Gasteiger partial charge in [0.05, 0.1) is 11.6 Å². The molecule has 1 aliphatic rings. The van der Waals surface area contributed by atoms with Gasteiger partial charge < -0.3 is 10.6 Å². The number of nitriles is 1. The van der Waals surface area contributed by atoms with Gasteiger partial charge in [-0.2, -0.15) is 5.26 Å². The molecule has 0 saturated carbocycles. The second kappa shape index (κ2) is 5.15.